The molecule has 2 N–H and O–H groups in total. The molecule has 2 heterocycles. The Labute approximate surface area is 200 Å². The van der Waals surface area contributed by atoms with Gasteiger partial charge in [-0.1, -0.05) is 36.0 Å². The number of halogens is 1. The summed E-state index contributed by atoms with van der Waals surface area (Å²) in [7, 11) is 0. The van der Waals surface area contributed by atoms with Gasteiger partial charge >= 0.3 is 0 Å². The molecular weight excluding hydrogens is 513 g/mol. The third-order valence-electron chi connectivity index (χ3n) is 4.64. The lowest BCUT2D eigenvalue weighted by Gasteiger charge is -2.14. The number of thioether (sulfide) groups is 1. The second-order valence-electron chi connectivity index (χ2n) is 6.92. The van der Waals surface area contributed by atoms with Crippen molar-refractivity contribution in [2.24, 2.45) is 4.99 Å². The van der Waals surface area contributed by atoms with E-state index in [9.17, 15) is 0 Å². The van der Waals surface area contributed by atoms with E-state index < -0.39 is 0 Å². The lowest BCUT2D eigenvalue weighted by Crippen LogP contribution is -2.37. The van der Waals surface area contributed by atoms with Crippen LogP contribution < -0.4 is 10.6 Å². The third kappa shape index (κ3) is 9.23. The Morgan fingerprint density at radius 2 is 1.93 bits per heavy atom. The maximum atomic E-state index is 4.73. The molecule has 0 aliphatic carbocycles. The van der Waals surface area contributed by atoms with Gasteiger partial charge in [0.05, 0.1) is 6.54 Å². The Morgan fingerprint density at radius 3 is 2.62 bits per heavy atom. The molecule has 3 rings (SSSR count). The van der Waals surface area contributed by atoms with Crippen molar-refractivity contribution >= 4 is 53.0 Å². The van der Waals surface area contributed by atoms with Crippen LogP contribution in [-0.2, 0) is 13.1 Å². The van der Waals surface area contributed by atoms with Crippen LogP contribution in [0.5, 0.6) is 0 Å². The highest BCUT2D eigenvalue weighted by atomic mass is 127. The smallest absolute Gasteiger partial charge is 0.191 e. The molecule has 0 bridgehead atoms. The van der Waals surface area contributed by atoms with Crippen molar-refractivity contribution in [3.05, 3.63) is 47.0 Å². The fourth-order valence-electron chi connectivity index (χ4n) is 3.18. The summed E-state index contributed by atoms with van der Waals surface area (Å²) in [5.41, 5.74) is 2.65. The zero-order valence-electron chi connectivity index (χ0n) is 17.1. The van der Waals surface area contributed by atoms with Gasteiger partial charge in [-0.2, -0.15) is 0 Å². The molecule has 1 fully saturated rings. The van der Waals surface area contributed by atoms with Crippen molar-refractivity contribution in [1.82, 2.24) is 20.5 Å². The minimum atomic E-state index is 0. The van der Waals surface area contributed by atoms with Crippen LogP contribution in [0.4, 0.5) is 0 Å². The van der Waals surface area contributed by atoms with Gasteiger partial charge in [-0.15, -0.1) is 35.3 Å². The normalized spacial score (nSPS) is 14.6. The number of likely N-dealkylation sites (tertiary alicyclic amines) is 1. The molecule has 2 aromatic rings. The average molecular weight is 546 g/mol. The molecule has 160 valence electrons. The number of hydrogen-bond donors (Lipinski definition) is 2. The Kier molecular flexibility index (Phi) is 12.0. The molecule has 1 aromatic carbocycles. The topological polar surface area (TPSA) is 52.6 Å². The summed E-state index contributed by atoms with van der Waals surface area (Å²) in [5.74, 6) is 1.96. The molecule has 0 unspecified atom stereocenters. The summed E-state index contributed by atoms with van der Waals surface area (Å²) < 4.78 is 1.15. The molecule has 5 nitrogen and oxygen atoms in total. The van der Waals surface area contributed by atoms with E-state index in [-0.39, 0.29) is 24.0 Å². The SMILES string of the molecule is CCNC(=NCc1ccc(CN2CCCC2)cc1)NCCCSc1nccs1.I. The van der Waals surface area contributed by atoms with Crippen molar-refractivity contribution in [1.29, 1.82) is 0 Å². The van der Waals surface area contributed by atoms with Crippen molar-refractivity contribution in [3.8, 4) is 0 Å². The van der Waals surface area contributed by atoms with Gasteiger partial charge in [-0.25, -0.2) is 9.98 Å². The van der Waals surface area contributed by atoms with Gasteiger partial charge in [0.15, 0.2) is 5.96 Å². The first kappa shape index (κ1) is 24.4. The molecular formula is C21H32IN5S2. The number of nitrogens with zero attached hydrogens (tertiary/aromatic N) is 3. The molecule has 1 aliphatic heterocycles. The van der Waals surface area contributed by atoms with Gasteiger partial charge < -0.3 is 10.6 Å². The number of guanidine groups is 1. The van der Waals surface area contributed by atoms with Crippen LogP contribution in [0.3, 0.4) is 0 Å². The Bertz CT molecular complexity index is 700. The van der Waals surface area contributed by atoms with E-state index in [1.165, 1.54) is 37.1 Å². The van der Waals surface area contributed by atoms with E-state index in [2.05, 4.69) is 51.7 Å². The molecule has 0 radical (unpaired) electrons. The zero-order chi connectivity index (χ0) is 19.4. The summed E-state index contributed by atoms with van der Waals surface area (Å²) in [5, 5.41) is 8.79. The highest BCUT2D eigenvalue weighted by Crippen LogP contribution is 2.20. The molecule has 0 atom stereocenters. The van der Waals surface area contributed by atoms with Crippen LogP contribution >= 0.6 is 47.1 Å². The highest BCUT2D eigenvalue weighted by molar-refractivity contribution is 14.0. The average Bonchev–Trinajstić information content (AvgIpc) is 3.41. The number of aromatic nitrogens is 1. The predicted molar refractivity (Wildman–Crippen MR) is 137 cm³/mol. The molecule has 1 saturated heterocycles. The number of hydrogen-bond acceptors (Lipinski definition) is 5. The number of rotatable bonds is 10. The molecule has 0 amide bonds. The first-order valence-electron chi connectivity index (χ1n) is 10.2. The van der Waals surface area contributed by atoms with Crippen LogP contribution in [0.25, 0.3) is 0 Å². The van der Waals surface area contributed by atoms with Gasteiger partial charge in [-0.3, -0.25) is 4.90 Å². The Hall–Kier alpha value is -0.840. The summed E-state index contributed by atoms with van der Waals surface area (Å²) in [6, 6.07) is 8.92. The van der Waals surface area contributed by atoms with Crippen LogP contribution in [-0.4, -0.2) is 47.8 Å². The standard InChI is InChI=1S/C21H31N5S2.HI/c1-2-22-20(23-10-5-14-27-21-24-11-15-28-21)25-16-18-6-8-19(9-7-18)17-26-12-3-4-13-26;/h6-9,11,15H,2-5,10,12-14,16-17H2,1H3,(H2,22,23,25);1H. The van der Waals surface area contributed by atoms with Crippen molar-refractivity contribution in [3.63, 3.8) is 0 Å². The fraction of sp³-hybridized carbons (Fsp3) is 0.524. The summed E-state index contributed by atoms with van der Waals surface area (Å²) in [4.78, 5) is 11.6. The Balaban J connectivity index is 0.00000300. The molecule has 0 saturated carbocycles. The molecule has 1 aliphatic rings. The minimum absolute atomic E-state index is 0. The second kappa shape index (κ2) is 14.2. The minimum Gasteiger partial charge on any atom is -0.357 e. The number of nitrogens with one attached hydrogen (secondary N) is 2. The van der Waals surface area contributed by atoms with Crippen LogP contribution in [0.15, 0.2) is 45.2 Å². The number of aliphatic imine (C=N–C) groups is 1. The van der Waals surface area contributed by atoms with Gasteiger partial charge in [0.25, 0.3) is 0 Å². The first-order chi connectivity index (χ1) is 13.8. The molecule has 29 heavy (non-hydrogen) atoms. The van der Waals surface area contributed by atoms with Gasteiger partial charge in [0.1, 0.15) is 4.34 Å². The van der Waals surface area contributed by atoms with E-state index in [1.54, 1.807) is 11.3 Å². The van der Waals surface area contributed by atoms with Crippen molar-refractivity contribution in [2.75, 3.05) is 31.9 Å². The molecule has 8 heteroatoms. The second-order valence-corrected chi connectivity index (χ2v) is 9.16. The summed E-state index contributed by atoms with van der Waals surface area (Å²) >= 11 is 3.52. The third-order valence-corrected chi connectivity index (χ3v) is 6.69. The van der Waals surface area contributed by atoms with E-state index in [0.29, 0.717) is 6.54 Å². The van der Waals surface area contributed by atoms with Gasteiger partial charge in [-0.05, 0) is 50.4 Å². The molecule has 1 aromatic heterocycles. The van der Waals surface area contributed by atoms with Crippen molar-refractivity contribution < 1.29 is 0 Å². The van der Waals surface area contributed by atoms with Crippen LogP contribution in [0.1, 0.15) is 37.3 Å². The highest BCUT2D eigenvalue weighted by Gasteiger charge is 2.11. The maximum Gasteiger partial charge on any atom is 0.191 e. The largest absolute Gasteiger partial charge is 0.357 e. The molecule has 0 spiro atoms. The Morgan fingerprint density at radius 1 is 1.17 bits per heavy atom. The van der Waals surface area contributed by atoms with Crippen molar-refractivity contribution in [2.45, 2.75) is 43.6 Å². The van der Waals surface area contributed by atoms with Crippen LogP contribution in [0.2, 0.25) is 0 Å². The quantitative estimate of drug-likeness (QED) is 0.150. The van der Waals surface area contributed by atoms with E-state index in [1.807, 2.05) is 23.3 Å². The number of benzene rings is 1. The van der Waals surface area contributed by atoms with E-state index in [4.69, 9.17) is 4.99 Å². The predicted octanol–water partition coefficient (Wildman–Crippen LogP) is 4.59. The van der Waals surface area contributed by atoms with E-state index >= 15 is 0 Å². The van der Waals surface area contributed by atoms with Crippen LogP contribution in [0, 0.1) is 0 Å². The fourth-order valence-corrected chi connectivity index (χ4v) is 4.83. The van der Waals surface area contributed by atoms with Gasteiger partial charge in [0.2, 0.25) is 0 Å². The number of thiazole rings is 1. The lowest BCUT2D eigenvalue weighted by molar-refractivity contribution is 0.331. The summed E-state index contributed by atoms with van der Waals surface area (Å²) in [6.07, 6.45) is 5.63. The lowest BCUT2D eigenvalue weighted by atomic mass is 10.1. The zero-order valence-corrected chi connectivity index (χ0v) is 21.1. The van der Waals surface area contributed by atoms with Gasteiger partial charge in [0, 0.05) is 37.0 Å². The maximum absolute atomic E-state index is 4.73. The summed E-state index contributed by atoms with van der Waals surface area (Å²) in [6.45, 7) is 8.15. The first-order valence-corrected chi connectivity index (χ1v) is 12.0. The monoisotopic (exact) mass is 545 g/mol. The van der Waals surface area contributed by atoms with E-state index in [0.717, 1.165) is 42.1 Å².